The average molecular weight is 368 g/mol. The lowest BCUT2D eigenvalue weighted by Gasteiger charge is -2.09. The molecule has 0 aliphatic heterocycles. The summed E-state index contributed by atoms with van der Waals surface area (Å²) in [5.74, 6) is -0.544. The lowest BCUT2D eigenvalue weighted by Crippen LogP contribution is -2.12. The number of aryl methyl sites for hydroxylation is 1. The van der Waals surface area contributed by atoms with Crippen LogP contribution in [0.25, 0.3) is 0 Å². The van der Waals surface area contributed by atoms with E-state index in [9.17, 15) is 9.59 Å². The van der Waals surface area contributed by atoms with Crippen molar-refractivity contribution in [1.29, 1.82) is 0 Å². The van der Waals surface area contributed by atoms with Crippen molar-refractivity contribution in [3.63, 3.8) is 0 Å². The zero-order valence-corrected chi connectivity index (χ0v) is 14.0. The van der Waals surface area contributed by atoms with Crippen molar-refractivity contribution in [2.75, 3.05) is 11.9 Å². The maximum atomic E-state index is 12.2. The van der Waals surface area contributed by atoms with Gasteiger partial charge in [-0.25, -0.2) is 4.79 Å². The smallest absolute Gasteiger partial charge is 0.338 e. The number of thiophene rings is 1. The number of amides is 1. The van der Waals surface area contributed by atoms with Gasteiger partial charge in [0, 0.05) is 4.47 Å². The van der Waals surface area contributed by atoms with Crippen LogP contribution in [-0.2, 0) is 4.74 Å². The maximum Gasteiger partial charge on any atom is 0.338 e. The quantitative estimate of drug-likeness (QED) is 0.821. The Morgan fingerprint density at radius 3 is 2.67 bits per heavy atom. The molecule has 0 unspecified atom stereocenters. The normalized spacial score (nSPS) is 10.2. The highest BCUT2D eigenvalue weighted by Gasteiger charge is 2.14. The van der Waals surface area contributed by atoms with Gasteiger partial charge >= 0.3 is 5.97 Å². The van der Waals surface area contributed by atoms with E-state index in [4.69, 9.17) is 4.74 Å². The Morgan fingerprint density at radius 1 is 1.33 bits per heavy atom. The molecular formula is C15H14BrNO3S. The second kappa shape index (κ2) is 6.87. The first kappa shape index (κ1) is 15.7. The molecule has 0 radical (unpaired) electrons. The van der Waals surface area contributed by atoms with Crippen molar-refractivity contribution in [1.82, 2.24) is 0 Å². The van der Waals surface area contributed by atoms with Crippen LogP contribution in [0.3, 0.4) is 0 Å². The molecule has 0 bridgehead atoms. The molecule has 21 heavy (non-hydrogen) atoms. The molecule has 1 amide bonds. The number of halogens is 1. The van der Waals surface area contributed by atoms with Crippen LogP contribution in [0.2, 0.25) is 0 Å². The molecule has 0 aliphatic rings. The predicted octanol–water partition coefficient (Wildman–Crippen LogP) is 4.25. The highest BCUT2D eigenvalue weighted by Crippen LogP contribution is 2.26. The predicted molar refractivity (Wildman–Crippen MR) is 87.1 cm³/mol. The van der Waals surface area contributed by atoms with E-state index in [2.05, 4.69) is 21.2 Å². The molecule has 1 aromatic heterocycles. The molecule has 1 aromatic carbocycles. The molecule has 0 saturated carbocycles. The minimum absolute atomic E-state index is 0.160. The largest absolute Gasteiger partial charge is 0.462 e. The Balaban J connectivity index is 2.16. The molecule has 1 heterocycles. The first-order chi connectivity index (χ1) is 10.0. The molecule has 0 atom stereocenters. The lowest BCUT2D eigenvalue weighted by molar-refractivity contribution is 0.0526. The van der Waals surface area contributed by atoms with Gasteiger partial charge in [0.25, 0.3) is 5.91 Å². The standard InChI is InChI=1S/C15H14BrNO3S/c1-3-20-15(19)10-4-5-12(11(16)8-10)17-14(18)13-9(2)6-7-21-13/h4-8H,3H2,1-2H3,(H,17,18). The zero-order chi connectivity index (χ0) is 15.4. The summed E-state index contributed by atoms with van der Waals surface area (Å²) in [4.78, 5) is 24.5. The third-order valence-corrected chi connectivity index (χ3v) is 4.47. The van der Waals surface area contributed by atoms with E-state index < -0.39 is 0 Å². The zero-order valence-electron chi connectivity index (χ0n) is 11.6. The van der Waals surface area contributed by atoms with E-state index in [0.29, 0.717) is 27.2 Å². The van der Waals surface area contributed by atoms with Gasteiger partial charge in [0.05, 0.1) is 22.7 Å². The molecule has 2 rings (SSSR count). The van der Waals surface area contributed by atoms with Crippen LogP contribution >= 0.6 is 27.3 Å². The van der Waals surface area contributed by atoms with Gasteiger partial charge in [0.15, 0.2) is 0 Å². The highest BCUT2D eigenvalue weighted by molar-refractivity contribution is 9.10. The summed E-state index contributed by atoms with van der Waals surface area (Å²) in [5, 5.41) is 4.70. The second-order valence-electron chi connectivity index (χ2n) is 4.30. The molecule has 0 spiro atoms. The van der Waals surface area contributed by atoms with Crippen LogP contribution in [0.15, 0.2) is 34.1 Å². The summed E-state index contributed by atoms with van der Waals surface area (Å²) in [6.45, 7) is 3.97. The molecule has 0 saturated heterocycles. The molecule has 0 fully saturated rings. The van der Waals surface area contributed by atoms with Crippen molar-refractivity contribution in [2.24, 2.45) is 0 Å². The van der Waals surface area contributed by atoms with E-state index in [1.165, 1.54) is 11.3 Å². The molecule has 6 heteroatoms. The first-order valence-corrected chi connectivity index (χ1v) is 8.02. The third kappa shape index (κ3) is 3.71. The van der Waals surface area contributed by atoms with Crippen LogP contribution in [0.5, 0.6) is 0 Å². The molecule has 2 aromatic rings. The van der Waals surface area contributed by atoms with Gasteiger partial charge in [0.1, 0.15) is 0 Å². The Hall–Kier alpha value is -1.66. The number of carbonyl (C=O) groups excluding carboxylic acids is 2. The summed E-state index contributed by atoms with van der Waals surface area (Å²) >= 11 is 4.75. The number of ether oxygens (including phenoxy) is 1. The van der Waals surface area contributed by atoms with Crippen molar-refractivity contribution in [2.45, 2.75) is 13.8 Å². The first-order valence-electron chi connectivity index (χ1n) is 6.35. The molecule has 110 valence electrons. The molecule has 4 nitrogen and oxygen atoms in total. The summed E-state index contributed by atoms with van der Waals surface area (Å²) in [6.07, 6.45) is 0. The average Bonchev–Trinajstić information content (AvgIpc) is 2.87. The second-order valence-corrected chi connectivity index (χ2v) is 6.07. The lowest BCUT2D eigenvalue weighted by atomic mass is 10.2. The van der Waals surface area contributed by atoms with Crippen molar-refractivity contribution < 1.29 is 14.3 Å². The van der Waals surface area contributed by atoms with Gasteiger partial charge in [-0.05, 0) is 65.0 Å². The Labute approximate surface area is 135 Å². The van der Waals surface area contributed by atoms with Crippen LogP contribution in [-0.4, -0.2) is 18.5 Å². The van der Waals surface area contributed by atoms with Crippen LogP contribution < -0.4 is 5.32 Å². The van der Waals surface area contributed by atoms with E-state index in [0.717, 1.165) is 5.56 Å². The van der Waals surface area contributed by atoms with Gasteiger partial charge in [-0.1, -0.05) is 0 Å². The fourth-order valence-corrected chi connectivity index (χ4v) is 3.04. The van der Waals surface area contributed by atoms with Gasteiger partial charge < -0.3 is 10.1 Å². The van der Waals surface area contributed by atoms with E-state index in [1.54, 1.807) is 25.1 Å². The summed E-state index contributed by atoms with van der Waals surface area (Å²) in [5.41, 5.74) is 1.99. The number of hydrogen-bond donors (Lipinski definition) is 1. The third-order valence-electron chi connectivity index (χ3n) is 2.80. The van der Waals surface area contributed by atoms with Gasteiger partial charge in [0.2, 0.25) is 0 Å². The van der Waals surface area contributed by atoms with Gasteiger partial charge in [-0.3, -0.25) is 4.79 Å². The maximum absolute atomic E-state index is 12.2. The van der Waals surface area contributed by atoms with Crippen molar-refractivity contribution in [3.05, 3.63) is 50.1 Å². The highest BCUT2D eigenvalue weighted by atomic mass is 79.9. The SMILES string of the molecule is CCOC(=O)c1ccc(NC(=O)c2sccc2C)c(Br)c1. The minimum atomic E-state index is -0.384. The summed E-state index contributed by atoms with van der Waals surface area (Å²) in [7, 11) is 0. The fourth-order valence-electron chi connectivity index (χ4n) is 1.74. The number of nitrogens with one attached hydrogen (secondary N) is 1. The summed E-state index contributed by atoms with van der Waals surface area (Å²) < 4.78 is 5.57. The topological polar surface area (TPSA) is 55.4 Å². The number of rotatable bonds is 4. The van der Waals surface area contributed by atoms with Crippen molar-refractivity contribution in [3.8, 4) is 0 Å². The summed E-state index contributed by atoms with van der Waals surface area (Å²) in [6, 6.07) is 6.84. The monoisotopic (exact) mass is 367 g/mol. The number of anilines is 1. The molecular weight excluding hydrogens is 354 g/mol. The van der Waals surface area contributed by atoms with Crippen LogP contribution in [0, 0.1) is 6.92 Å². The minimum Gasteiger partial charge on any atom is -0.462 e. The molecule has 1 N–H and O–H groups in total. The van der Waals surface area contributed by atoms with Gasteiger partial charge in [-0.2, -0.15) is 0 Å². The Kier molecular flexibility index (Phi) is 5.14. The van der Waals surface area contributed by atoms with E-state index in [-0.39, 0.29) is 11.9 Å². The van der Waals surface area contributed by atoms with Crippen molar-refractivity contribution >= 4 is 44.8 Å². The Bertz CT molecular complexity index is 681. The van der Waals surface area contributed by atoms with Crippen LogP contribution in [0.4, 0.5) is 5.69 Å². The Morgan fingerprint density at radius 2 is 2.10 bits per heavy atom. The van der Waals surface area contributed by atoms with Crippen LogP contribution in [0.1, 0.15) is 32.5 Å². The number of hydrogen-bond acceptors (Lipinski definition) is 4. The van der Waals surface area contributed by atoms with E-state index in [1.807, 2.05) is 18.4 Å². The van der Waals surface area contributed by atoms with Gasteiger partial charge in [-0.15, -0.1) is 11.3 Å². The number of esters is 1. The van der Waals surface area contributed by atoms with E-state index >= 15 is 0 Å². The number of carbonyl (C=O) groups is 2. The fraction of sp³-hybridized carbons (Fsp3) is 0.200. The number of benzene rings is 1. The molecule has 0 aliphatic carbocycles.